The molecule has 0 saturated heterocycles. The third-order valence-corrected chi connectivity index (χ3v) is 3.80. The molecule has 4 nitrogen and oxygen atoms in total. The van der Waals surface area contributed by atoms with Gasteiger partial charge in [0.1, 0.15) is 0 Å². The minimum Gasteiger partial charge on any atom is -0.472 e. The third kappa shape index (κ3) is 2.66. The summed E-state index contributed by atoms with van der Waals surface area (Å²) in [6.07, 6.45) is 4.07. The molecule has 0 saturated carbocycles. The quantitative estimate of drug-likeness (QED) is 0.794. The number of hydrogen-bond acceptors (Lipinski definition) is 4. The first-order chi connectivity index (χ1) is 9.33. The summed E-state index contributed by atoms with van der Waals surface area (Å²) in [6, 6.07) is 9.64. The van der Waals surface area contributed by atoms with Crippen molar-refractivity contribution in [1.29, 1.82) is 0 Å². The maximum absolute atomic E-state index is 12.0. The Kier molecular flexibility index (Phi) is 3.29. The number of fused-ring (bicyclic) bond motifs is 1. The van der Waals surface area contributed by atoms with Crippen LogP contribution in [0.2, 0.25) is 0 Å². The summed E-state index contributed by atoms with van der Waals surface area (Å²) >= 11 is 1.41. The fourth-order valence-corrected chi connectivity index (χ4v) is 2.68. The molecule has 2 heterocycles. The van der Waals surface area contributed by atoms with Gasteiger partial charge < -0.3 is 9.73 Å². The first kappa shape index (κ1) is 11.9. The van der Waals surface area contributed by atoms with Gasteiger partial charge in [-0.1, -0.05) is 12.1 Å². The maximum atomic E-state index is 12.0. The van der Waals surface area contributed by atoms with Crippen LogP contribution < -0.4 is 5.32 Å². The molecule has 19 heavy (non-hydrogen) atoms. The predicted molar refractivity (Wildman–Crippen MR) is 74.4 cm³/mol. The number of aromatic nitrogens is 1. The first-order valence-electron chi connectivity index (χ1n) is 5.98. The van der Waals surface area contributed by atoms with E-state index in [0.29, 0.717) is 11.6 Å². The number of carbonyl (C=O) groups is 1. The molecule has 5 heteroatoms. The second kappa shape index (κ2) is 5.24. The van der Waals surface area contributed by atoms with Crippen molar-refractivity contribution in [2.45, 2.75) is 6.42 Å². The Hall–Kier alpha value is -2.14. The number of amides is 1. The summed E-state index contributed by atoms with van der Waals surface area (Å²) in [7, 11) is 0. The van der Waals surface area contributed by atoms with Gasteiger partial charge in [-0.3, -0.25) is 4.79 Å². The molecule has 0 aliphatic carbocycles. The fraction of sp³-hybridized carbons (Fsp3) is 0.143. The molecule has 0 spiro atoms. The van der Waals surface area contributed by atoms with Gasteiger partial charge in [-0.2, -0.15) is 0 Å². The Labute approximate surface area is 114 Å². The highest BCUT2D eigenvalue weighted by Gasteiger charge is 2.11. The van der Waals surface area contributed by atoms with Crippen LogP contribution in [0.15, 0.2) is 47.3 Å². The average molecular weight is 272 g/mol. The lowest BCUT2D eigenvalue weighted by Gasteiger charge is -2.00. The molecule has 0 bridgehead atoms. The number of benzene rings is 1. The van der Waals surface area contributed by atoms with Gasteiger partial charge in [0, 0.05) is 6.54 Å². The lowest BCUT2D eigenvalue weighted by Crippen LogP contribution is -2.25. The minimum absolute atomic E-state index is 0.121. The summed E-state index contributed by atoms with van der Waals surface area (Å²) in [5.41, 5.74) is 1.94. The number of rotatable bonds is 4. The Morgan fingerprint density at radius 2 is 2.21 bits per heavy atom. The molecule has 1 aromatic carbocycles. The van der Waals surface area contributed by atoms with Crippen molar-refractivity contribution in [1.82, 2.24) is 10.3 Å². The van der Waals surface area contributed by atoms with Gasteiger partial charge in [-0.05, 0) is 30.2 Å². The molecule has 0 aliphatic heterocycles. The number of carbonyl (C=O) groups excluding carboxylic acids is 1. The van der Waals surface area contributed by atoms with Gasteiger partial charge in [-0.25, -0.2) is 4.98 Å². The van der Waals surface area contributed by atoms with Crippen LogP contribution >= 0.6 is 11.3 Å². The number of nitrogens with one attached hydrogen (secondary N) is 1. The Balaban J connectivity index is 1.63. The summed E-state index contributed by atoms with van der Waals surface area (Å²) in [5, 5.41) is 3.37. The van der Waals surface area contributed by atoms with Crippen LogP contribution in [0.5, 0.6) is 0 Å². The predicted octanol–water partition coefficient (Wildman–Crippen LogP) is 2.86. The first-order valence-corrected chi connectivity index (χ1v) is 6.79. The highest BCUT2D eigenvalue weighted by atomic mass is 32.1. The lowest BCUT2D eigenvalue weighted by atomic mass is 10.2. The van der Waals surface area contributed by atoms with Crippen LogP contribution in [-0.2, 0) is 6.42 Å². The Morgan fingerprint density at radius 3 is 3.00 bits per heavy atom. The van der Waals surface area contributed by atoms with E-state index in [0.717, 1.165) is 22.2 Å². The van der Waals surface area contributed by atoms with Gasteiger partial charge in [0.2, 0.25) is 0 Å². The van der Waals surface area contributed by atoms with Gasteiger partial charge >= 0.3 is 0 Å². The van der Waals surface area contributed by atoms with E-state index in [1.54, 1.807) is 12.5 Å². The summed E-state index contributed by atoms with van der Waals surface area (Å²) in [4.78, 5) is 16.3. The highest BCUT2D eigenvalue weighted by Crippen LogP contribution is 2.21. The van der Waals surface area contributed by atoms with E-state index in [1.807, 2.05) is 30.3 Å². The molecule has 3 rings (SSSR count). The molecule has 1 amide bonds. The van der Waals surface area contributed by atoms with Gasteiger partial charge in [0.05, 0.1) is 22.7 Å². The zero-order valence-corrected chi connectivity index (χ0v) is 10.9. The largest absolute Gasteiger partial charge is 0.472 e. The van der Waals surface area contributed by atoms with Crippen LogP contribution in [0.25, 0.3) is 10.2 Å². The summed E-state index contributed by atoms with van der Waals surface area (Å²) in [6.45, 7) is 0.578. The van der Waals surface area contributed by atoms with E-state index in [2.05, 4.69) is 10.3 Å². The van der Waals surface area contributed by atoms with Crippen molar-refractivity contribution in [3.8, 4) is 0 Å². The molecular weight excluding hydrogens is 260 g/mol. The topological polar surface area (TPSA) is 55.1 Å². The molecule has 0 atom stereocenters. The summed E-state index contributed by atoms with van der Waals surface area (Å²) < 4.78 is 6.00. The normalized spacial score (nSPS) is 10.7. The van der Waals surface area contributed by atoms with Crippen molar-refractivity contribution in [2.24, 2.45) is 0 Å². The monoisotopic (exact) mass is 272 g/mol. The van der Waals surface area contributed by atoms with E-state index in [4.69, 9.17) is 4.42 Å². The number of furan rings is 1. The van der Waals surface area contributed by atoms with E-state index in [-0.39, 0.29) is 5.91 Å². The molecule has 96 valence electrons. The van der Waals surface area contributed by atoms with E-state index < -0.39 is 0 Å². The Morgan fingerprint density at radius 1 is 1.32 bits per heavy atom. The van der Waals surface area contributed by atoms with Gasteiger partial charge in [0.25, 0.3) is 5.91 Å². The van der Waals surface area contributed by atoms with Crippen molar-refractivity contribution < 1.29 is 9.21 Å². The summed E-state index contributed by atoms with van der Waals surface area (Å²) in [5.74, 6) is -0.121. The fourth-order valence-electron chi connectivity index (χ4n) is 1.80. The molecule has 0 unspecified atom stereocenters. The molecule has 0 aliphatic rings. The van der Waals surface area contributed by atoms with Crippen LogP contribution in [0.4, 0.5) is 0 Å². The van der Waals surface area contributed by atoms with E-state index >= 15 is 0 Å². The van der Waals surface area contributed by atoms with Gasteiger partial charge in [-0.15, -0.1) is 11.3 Å². The molecule has 0 fully saturated rings. The highest BCUT2D eigenvalue weighted by molar-refractivity contribution is 7.20. The zero-order chi connectivity index (χ0) is 13.1. The average Bonchev–Trinajstić information content (AvgIpc) is 3.07. The number of nitrogens with zero attached hydrogens (tertiary/aromatic N) is 1. The number of hydrogen-bond donors (Lipinski definition) is 1. The zero-order valence-electron chi connectivity index (χ0n) is 10.1. The molecule has 0 radical (unpaired) electrons. The van der Waals surface area contributed by atoms with Crippen molar-refractivity contribution in [3.63, 3.8) is 0 Å². The van der Waals surface area contributed by atoms with Crippen LogP contribution in [-0.4, -0.2) is 17.4 Å². The molecular formula is C14H12N2O2S. The second-order valence-electron chi connectivity index (χ2n) is 4.12. The maximum Gasteiger partial charge on any atom is 0.280 e. The van der Waals surface area contributed by atoms with Crippen LogP contribution in [0, 0.1) is 0 Å². The lowest BCUT2D eigenvalue weighted by molar-refractivity contribution is 0.0954. The second-order valence-corrected chi connectivity index (χ2v) is 5.15. The third-order valence-electron chi connectivity index (χ3n) is 2.77. The van der Waals surface area contributed by atoms with E-state index in [9.17, 15) is 4.79 Å². The van der Waals surface area contributed by atoms with Crippen molar-refractivity contribution >= 4 is 27.5 Å². The van der Waals surface area contributed by atoms with Crippen molar-refractivity contribution in [3.05, 3.63) is 53.4 Å². The molecule has 1 N–H and O–H groups in total. The van der Waals surface area contributed by atoms with Crippen LogP contribution in [0.3, 0.4) is 0 Å². The van der Waals surface area contributed by atoms with Crippen molar-refractivity contribution in [2.75, 3.05) is 6.54 Å². The SMILES string of the molecule is O=C(NCCc1ccoc1)c1nc2ccccc2s1. The van der Waals surface area contributed by atoms with Gasteiger partial charge in [0.15, 0.2) is 5.01 Å². The number of thiazole rings is 1. The molecule has 2 aromatic heterocycles. The standard InChI is InChI=1S/C14H12N2O2S/c17-13(15-7-5-10-6-8-18-9-10)14-16-11-3-1-2-4-12(11)19-14/h1-4,6,8-9H,5,7H2,(H,15,17). The Bertz CT molecular complexity index is 655. The van der Waals surface area contributed by atoms with Crippen LogP contribution in [0.1, 0.15) is 15.4 Å². The van der Waals surface area contributed by atoms with E-state index in [1.165, 1.54) is 11.3 Å². The minimum atomic E-state index is -0.121. The molecule has 3 aromatic rings. The smallest absolute Gasteiger partial charge is 0.280 e. The number of para-hydroxylation sites is 1.